The van der Waals surface area contributed by atoms with Crippen molar-refractivity contribution in [1.82, 2.24) is 9.55 Å². The van der Waals surface area contributed by atoms with E-state index in [9.17, 15) is 9.59 Å². The first-order valence-electron chi connectivity index (χ1n) is 4.71. The number of aromatic carboxylic acids is 1. The Hall–Kier alpha value is -2.17. The summed E-state index contributed by atoms with van der Waals surface area (Å²) in [5.74, 6) is -1.02. The number of aromatic nitrogens is 2. The smallest absolute Gasteiger partial charge is 0.335 e. The van der Waals surface area contributed by atoms with E-state index in [1.807, 2.05) is 0 Å². The van der Waals surface area contributed by atoms with Crippen LogP contribution in [0.3, 0.4) is 0 Å². The second-order valence-electron chi connectivity index (χ2n) is 3.57. The average Bonchev–Trinajstić information content (AvgIpc) is 2.25. The van der Waals surface area contributed by atoms with Crippen LogP contribution in [-0.2, 0) is 7.05 Å². The van der Waals surface area contributed by atoms with Crippen molar-refractivity contribution in [2.75, 3.05) is 0 Å². The molecule has 0 unspecified atom stereocenters. The maximum atomic E-state index is 11.6. The Balaban J connectivity index is 2.88. The topological polar surface area (TPSA) is 72.2 Å². The van der Waals surface area contributed by atoms with E-state index in [0.29, 0.717) is 16.7 Å². The molecule has 0 spiro atoms. The lowest BCUT2D eigenvalue weighted by Gasteiger charge is -2.06. The van der Waals surface area contributed by atoms with Gasteiger partial charge in [-0.15, -0.1) is 0 Å². The Kier molecular flexibility index (Phi) is 2.23. The third-order valence-electron chi connectivity index (χ3n) is 2.49. The molecule has 2 rings (SSSR count). The van der Waals surface area contributed by atoms with E-state index in [1.54, 1.807) is 20.0 Å². The number of hydrogen-bond donors (Lipinski definition) is 1. The van der Waals surface area contributed by atoms with Gasteiger partial charge in [0.1, 0.15) is 5.69 Å². The maximum Gasteiger partial charge on any atom is 0.335 e. The molecule has 0 atom stereocenters. The summed E-state index contributed by atoms with van der Waals surface area (Å²) in [4.78, 5) is 26.5. The van der Waals surface area contributed by atoms with Crippen molar-refractivity contribution in [2.45, 2.75) is 6.92 Å². The molecular weight excluding hydrogens is 208 g/mol. The van der Waals surface area contributed by atoms with E-state index in [1.165, 1.54) is 16.7 Å². The summed E-state index contributed by atoms with van der Waals surface area (Å²) in [6.07, 6.45) is 0. The summed E-state index contributed by atoms with van der Waals surface area (Å²) in [6, 6.07) is 4.53. The van der Waals surface area contributed by atoms with Crippen LogP contribution in [0.4, 0.5) is 0 Å². The minimum Gasteiger partial charge on any atom is -0.478 e. The summed E-state index contributed by atoms with van der Waals surface area (Å²) >= 11 is 0. The maximum absolute atomic E-state index is 11.6. The number of carboxylic acid groups (broad SMARTS) is 1. The number of aryl methyl sites for hydroxylation is 2. The van der Waals surface area contributed by atoms with E-state index < -0.39 is 5.97 Å². The molecule has 0 saturated heterocycles. The van der Waals surface area contributed by atoms with Gasteiger partial charge < -0.3 is 9.67 Å². The van der Waals surface area contributed by atoms with Gasteiger partial charge in [0.25, 0.3) is 5.56 Å². The van der Waals surface area contributed by atoms with Gasteiger partial charge in [-0.3, -0.25) is 4.79 Å². The summed E-state index contributed by atoms with van der Waals surface area (Å²) in [5, 5.41) is 8.85. The Morgan fingerprint density at radius 1 is 1.44 bits per heavy atom. The molecule has 0 aliphatic heterocycles. The minimum atomic E-state index is -1.02. The van der Waals surface area contributed by atoms with Crippen LogP contribution in [0.5, 0.6) is 0 Å². The van der Waals surface area contributed by atoms with Gasteiger partial charge in [0.05, 0.1) is 16.6 Å². The van der Waals surface area contributed by atoms with Crippen LogP contribution in [-0.4, -0.2) is 20.6 Å². The van der Waals surface area contributed by atoms with Crippen molar-refractivity contribution in [1.29, 1.82) is 0 Å². The van der Waals surface area contributed by atoms with Crippen molar-refractivity contribution < 1.29 is 9.90 Å². The average molecular weight is 218 g/mol. The van der Waals surface area contributed by atoms with Crippen molar-refractivity contribution in [3.05, 3.63) is 39.8 Å². The van der Waals surface area contributed by atoms with E-state index in [4.69, 9.17) is 5.11 Å². The van der Waals surface area contributed by atoms with Crippen molar-refractivity contribution >= 4 is 17.0 Å². The van der Waals surface area contributed by atoms with Crippen LogP contribution in [0.1, 0.15) is 16.1 Å². The summed E-state index contributed by atoms with van der Waals surface area (Å²) in [6.45, 7) is 1.63. The van der Waals surface area contributed by atoms with Crippen LogP contribution in [0.15, 0.2) is 23.0 Å². The standard InChI is InChI=1S/C11H10N2O3/c1-6-10(14)13(2)9-5-7(11(15)16)3-4-8(9)12-6/h3-5H,1-2H3,(H,15,16). The van der Waals surface area contributed by atoms with Crippen LogP contribution in [0, 0.1) is 6.92 Å². The van der Waals surface area contributed by atoms with Crippen molar-refractivity contribution in [3.8, 4) is 0 Å². The van der Waals surface area contributed by atoms with E-state index in [0.717, 1.165) is 0 Å². The highest BCUT2D eigenvalue weighted by Gasteiger charge is 2.08. The van der Waals surface area contributed by atoms with Gasteiger partial charge in [-0.05, 0) is 25.1 Å². The third kappa shape index (κ3) is 1.46. The predicted octanol–water partition coefficient (Wildman–Crippen LogP) is 0.940. The molecule has 0 saturated carbocycles. The fourth-order valence-corrected chi connectivity index (χ4v) is 1.60. The zero-order valence-corrected chi connectivity index (χ0v) is 8.89. The normalized spacial score (nSPS) is 10.6. The number of hydrogen-bond acceptors (Lipinski definition) is 3. The van der Waals surface area contributed by atoms with Crippen LogP contribution >= 0.6 is 0 Å². The van der Waals surface area contributed by atoms with Gasteiger partial charge in [0.2, 0.25) is 0 Å². The number of carbonyl (C=O) groups is 1. The lowest BCUT2D eigenvalue weighted by molar-refractivity contribution is 0.0697. The Bertz CT molecular complexity index is 643. The molecule has 0 fully saturated rings. The molecule has 1 N–H and O–H groups in total. The number of benzene rings is 1. The fraction of sp³-hybridized carbons (Fsp3) is 0.182. The van der Waals surface area contributed by atoms with Gasteiger partial charge in [0.15, 0.2) is 0 Å². The van der Waals surface area contributed by atoms with Crippen molar-refractivity contribution in [3.63, 3.8) is 0 Å². The monoisotopic (exact) mass is 218 g/mol. The lowest BCUT2D eigenvalue weighted by atomic mass is 10.2. The van der Waals surface area contributed by atoms with Crippen LogP contribution in [0.25, 0.3) is 11.0 Å². The predicted molar refractivity (Wildman–Crippen MR) is 58.7 cm³/mol. The molecule has 0 amide bonds. The fourth-order valence-electron chi connectivity index (χ4n) is 1.60. The van der Waals surface area contributed by atoms with E-state index in [2.05, 4.69) is 4.98 Å². The highest BCUT2D eigenvalue weighted by atomic mass is 16.4. The molecule has 0 bridgehead atoms. The van der Waals surface area contributed by atoms with Gasteiger partial charge >= 0.3 is 5.97 Å². The van der Waals surface area contributed by atoms with Crippen molar-refractivity contribution in [2.24, 2.45) is 7.05 Å². The molecule has 5 heteroatoms. The first-order valence-corrected chi connectivity index (χ1v) is 4.71. The molecule has 1 heterocycles. The lowest BCUT2D eigenvalue weighted by Crippen LogP contribution is -2.21. The zero-order chi connectivity index (χ0) is 11.9. The molecule has 0 aliphatic rings. The number of rotatable bonds is 1. The Morgan fingerprint density at radius 2 is 2.12 bits per heavy atom. The minimum absolute atomic E-state index is 0.146. The van der Waals surface area contributed by atoms with E-state index in [-0.39, 0.29) is 11.1 Å². The summed E-state index contributed by atoms with van der Waals surface area (Å²) in [7, 11) is 1.60. The molecule has 1 aromatic heterocycles. The van der Waals surface area contributed by atoms with Gasteiger partial charge in [-0.1, -0.05) is 0 Å². The Morgan fingerprint density at radius 3 is 2.75 bits per heavy atom. The SMILES string of the molecule is Cc1nc2ccc(C(=O)O)cc2n(C)c1=O. The molecular formula is C11H10N2O3. The number of carboxylic acids is 1. The molecule has 5 nitrogen and oxygen atoms in total. The molecule has 2 aromatic rings. The van der Waals surface area contributed by atoms with E-state index >= 15 is 0 Å². The molecule has 1 aromatic carbocycles. The summed E-state index contributed by atoms with van der Waals surface area (Å²) in [5.41, 5.74) is 1.47. The quantitative estimate of drug-likeness (QED) is 0.773. The molecule has 16 heavy (non-hydrogen) atoms. The molecule has 0 radical (unpaired) electrons. The van der Waals surface area contributed by atoms with Gasteiger partial charge in [-0.2, -0.15) is 0 Å². The number of nitrogens with zero attached hydrogens (tertiary/aromatic N) is 2. The largest absolute Gasteiger partial charge is 0.478 e. The molecule has 82 valence electrons. The summed E-state index contributed by atoms with van der Waals surface area (Å²) < 4.78 is 1.41. The first-order chi connectivity index (χ1) is 7.50. The molecule has 0 aliphatic carbocycles. The highest BCUT2D eigenvalue weighted by Crippen LogP contribution is 2.12. The van der Waals surface area contributed by atoms with Gasteiger partial charge in [0, 0.05) is 7.05 Å². The first kappa shape index (κ1) is 10.4. The Labute approximate surface area is 91.0 Å². The second-order valence-corrected chi connectivity index (χ2v) is 3.57. The zero-order valence-electron chi connectivity index (χ0n) is 8.89. The number of fused-ring (bicyclic) bond motifs is 1. The van der Waals surface area contributed by atoms with Crippen LogP contribution in [0.2, 0.25) is 0 Å². The highest BCUT2D eigenvalue weighted by molar-refractivity contribution is 5.92. The van der Waals surface area contributed by atoms with Gasteiger partial charge in [-0.25, -0.2) is 9.78 Å². The third-order valence-corrected chi connectivity index (χ3v) is 2.49. The van der Waals surface area contributed by atoms with Crippen LogP contribution < -0.4 is 5.56 Å². The second kappa shape index (κ2) is 3.44.